The zero-order valence-electron chi connectivity index (χ0n) is 22.2. The van der Waals surface area contributed by atoms with Gasteiger partial charge >= 0.3 is 5.97 Å². The van der Waals surface area contributed by atoms with Crippen molar-refractivity contribution in [2.75, 3.05) is 72.6 Å². The monoisotopic (exact) mass is 547 g/mol. The molecule has 0 saturated heterocycles. The molecule has 2 rings (SSSR count). The molecule has 1 N–H and O–H groups in total. The molecule has 1 heterocycles. The number of nitrogens with zero attached hydrogens (tertiary/aromatic N) is 5. The molecule has 0 radical (unpaired) electrons. The molecule has 1 aromatic heterocycles. The van der Waals surface area contributed by atoms with Crippen LogP contribution in [0.25, 0.3) is 10.9 Å². The number of carbonyl (C=O) groups is 4. The van der Waals surface area contributed by atoms with Gasteiger partial charge in [-0.25, -0.2) is 4.90 Å². The van der Waals surface area contributed by atoms with Crippen LogP contribution in [0.5, 0.6) is 0 Å². The van der Waals surface area contributed by atoms with E-state index in [1.807, 2.05) is 53.1 Å². The number of aliphatic carboxylic acids is 1. The number of carbonyl (C=O) groups excluding carboxylic acids is 3. The van der Waals surface area contributed by atoms with Gasteiger partial charge in [0.05, 0.1) is 17.8 Å². The van der Waals surface area contributed by atoms with Gasteiger partial charge in [-0.3, -0.25) is 38.9 Å². The number of benzene rings is 1. The number of para-hydroxylation sites is 1. The van der Waals surface area contributed by atoms with E-state index >= 15 is 0 Å². The molecular formula is C26H37N5O8. The van der Waals surface area contributed by atoms with E-state index in [0.717, 1.165) is 16.6 Å². The van der Waals surface area contributed by atoms with E-state index < -0.39 is 5.97 Å². The molecule has 0 aliphatic heterocycles. The minimum atomic E-state index is -0.876. The molecule has 0 amide bonds. The van der Waals surface area contributed by atoms with Crippen LogP contribution in [-0.2, 0) is 39.9 Å². The first-order valence-corrected chi connectivity index (χ1v) is 12.6. The summed E-state index contributed by atoms with van der Waals surface area (Å²) in [5.74, 6) is -0.876. The Morgan fingerprint density at radius 2 is 1.31 bits per heavy atom. The third-order valence-electron chi connectivity index (χ3n) is 6.02. The maximum Gasteiger partial charge on any atom is 0.317 e. The summed E-state index contributed by atoms with van der Waals surface area (Å²) in [6.07, 6.45) is 0. The molecule has 0 atom stereocenters. The number of ether oxygens (including phenoxy) is 3. The average Bonchev–Trinajstić information content (AvgIpc) is 2.94. The molecule has 0 spiro atoms. The number of rotatable bonds is 23. The predicted octanol–water partition coefficient (Wildman–Crippen LogP) is 0.439. The first-order valence-electron chi connectivity index (χ1n) is 12.6. The van der Waals surface area contributed by atoms with Crippen LogP contribution in [0.15, 0.2) is 36.4 Å². The van der Waals surface area contributed by atoms with Crippen molar-refractivity contribution in [2.24, 2.45) is 0 Å². The molecule has 0 unspecified atom stereocenters. The van der Waals surface area contributed by atoms with Gasteiger partial charge in [0.1, 0.15) is 20.2 Å². The molecule has 13 heteroatoms. The van der Waals surface area contributed by atoms with Gasteiger partial charge < -0.3 is 19.3 Å². The first kappa shape index (κ1) is 31.6. The van der Waals surface area contributed by atoms with Crippen LogP contribution in [0.1, 0.15) is 12.6 Å². The molecule has 2 aromatic rings. The number of pyridine rings is 1. The highest BCUT2D eigenvalue weighted by molar-refractivity contribution is 5.78. The SMILES string of the molecule is CCN(CCN(CCN(CCN(COC=O)COC=O)COC=O)Cc1ccc2ccccc2n1)CC(=O)O. The predicted molar refractivity (Wildman–Crippen MR) is 141 cm³/mol. The van der Waals surface area contributed by atoms with Crippen molar-refractivity contribution < 1.29 is 38.5 Å². The second-order valence-corrected chi connectivity index (χ2v) is 8.72. The largest absolute Gasteiger partial charge is 0.480 e. The van der Waals surface area contributed by atoms with E-state index in [9.17, 15) is 24.3 Å². The summed E-state index contributed by atoms with van der Waals surface area (Å²) in [5, 5.41) is 10.3. The standard InChI is InChI=1S/C26H37N5O8/c1-2-28(16-26(35)36)9-10-29(15-24-8-7-23-5-3-4-6-25(23)27-24)11-12-30(17-37-20-32)13-14-31(18-38-21-33)19-39-22-34/h3-8,20-22H,2,9-19H2,1H3,(H,35,36). The fourth-order valence-electron chi connectivity index (χ4n) is 3.90. The Morgan fingerprint density at radius 1 is 0.769 bits per heavy atom. The highest BCUT2D eigenvalue weighted by atomic mass is 16.6. The summed E-state index contributed by atoms with van der Waals surface area (Å²) < 4.78 is 14.5. The summed E-state index contributed by atoms with van der Waals surface area (Å²) in [4.78, 5) is 55.6. The zero-order chi connectivity index (χ0) is 28.3. The first-order chi connectivity index (χ1) is 19.0. The van der Waals surface area contributed by atoms with Gasteiger partial charge in [0.15, 0.2) is 0 Å². The quantitative estimate of drug-likeness (QED) is 0.117. The maximum atomic E-state index is 11.2. The van der Waals surface area contributed by atoms with Gasteiger partial charge in [-0.2, -0.15) is 0 Å². The molecule has 214 valence electrons. The molecule has 0 saturated carbocycles. The van der Waals surface area contributed by atoms with Crippen molar-refractivity contribution in [3.05, 3.63) is 42.1 Å². The van der Waals surface area contributed by atoms with Crippen molar-refractivity contribution in [1.82, 2.24) is 24.6 Å². The number of hydrogen-bond acceptors (Lipinski definition) is 12. The molecule has 0 aliphatic carbocycles. The van der Waals surface area contributed by atoms with Crippen LogP contribution in [-0.4, -0.2) is 128 Å². The van der Waals surface area contributed by atoms with E-state index in [2.05, 4.69) is 4.90 Å². The Labute approximate surface area is 227 Å². The van der Waals surface area contributed by atoms with Crippen molar-refractivity contribution >= 4 is 36.3 Å². The Bertz CT molecular complexity index is 1010. The van der Waals surface area contributed by atoms with Crippen molar-refractivity contribution in [3.63, 3.8) is 0 Å². The maximum absolute atomic E-state index is 11.2. The average molecular weight is 548 g/mol. The third kappa shape index (κ3) is 12.6. The lowest BCUT2D eigenvalue weighted by atomic mass is 10.2. The Balaban J connectivity index is 2.09. The lowest BCUT2D eigenvalue weighted by Gasteiger charge is -2.30. The Hall–Kier alpha value is -3.65. The topological polar surface area (TPSA) is 142 Å². The number of hydrogen-bond donors (Lipinski definition) is 1. The van der Waals surface area contributed by atoms with Crippen LogP contribution in [0.2, 0.25) is 0 Å². The molecular weight excluding hydrogens is 510 g/mol. The fourth-order valence-corrected chi connectivity index (χ4v) is 3.90. The van der Waals surface area contributed by atoms with Crippen LogP contribution < -0.4 is 0 Å². The molecule has 13 nitrogen and oxygen atoms in total. The molecule has 0 fully saturated rings. The van der Waals surface area contributed by atoms with Gasteiger partial charge in [0, 0.05) is 51.2 Å². The van der Waals surface area contributed by atoms with Gasteiger partial charge in [-0.1, -0.05) is 31.2 Å². The van der Waals surface area contributed by atoms with Gasteiger partial charge in [-0.15, -0.1) is 0 Å². The van der Waals surface area contributed by atoms with Crippen molar-refractivity contribution in [3.8, 4) is 0 Å². The normalized spacial score (nSPS) is 11.3. The molecule has 0 aliphatic rings. The van der Waals surface area contributed by atoms with Gasteiger partial charge in [0.2, 0.25) is 0 Å². The van der Waals surface area contributed by atoms with E-state index in [-0.39, 0.29) is 26.7 Å². The molecule has 39 heavy (non-hydrogen) atoms. The minimum Gasteiger partial charge on any atom is -0.480 e. The second kappa shape index (κ2) is 18.6. The van der Waals surface area contributed by atoms with E-state index in [1.165, 1.54) is 0 Å². The number of likely N-dealkylation sites (N-methyl/N-ethyl adjacent to an activating group) is 1. The zero-order valence-corrected chi connectivity index (χ0v) is 22.2. The lowest BCUT2D eigenvalue weighted by Crippen LogP contribution is -2.43. The number of carboxylic acids is 1. The second-order valence-electron chi connectivity index (χ2n) is 8.72. The summed E-state index contributed by atoms with van der Waals surface area (Å²) >= 11 is 0. The third-order valence-corrected chi connectivity index (χ3v) is 6.02. The Morgan fingerprint density at radius 3 is 1.90 bits per heavy atom. The summed E-state index contributed by atoms with van der Waals surface area (Å²) in [5.41, 5.74) is 1.78. The Kier molecular flexibility index (Phi) is 15.0. The highest BCUT2D eigenvalue weighted by Crippen LogP contribution is 2.13. The fraction of sp³-hybridized carbons (Fsp3) is 0.500. The minimum absolute atomic E-state index is 0.0422. The van der Waals surface area contributed by atoms with E-state index in [4.69, 9.17) is 19.2 Å². The van der Waals surface area contributed by atoms with Crippen LogP contribution >= 0.6 is 0 Å². The van der Waals surface area contributed by atoms with E-state index in [1.54, 1.807) is 4.90 Å². The highest BCUT2D eigenvalue weighted by Gasteiger charge is 2.16. The lowest BCUT2D eigenvalue weighted by molar-refractivity contribution is -0.143. The smallest absolute Gasteiger partial charge is 0.317 e. The van der Waals surface area contributed by atoms with Crippen LogP contribution in [0, 0.1) is 0 Å². The van der Waals surface area contributed by atoms with Crippen molar-refractivity contribution in [2.45, 2.75) is 13.5 Å². The molecule has 0 bridgehead atoms. The van der Waals surface area contributed by atoms with Crippen LogP contribution in [0.4, 0.5) is 0 Å². The van der Waals surface area contributed by atoms with Gasteiger partial charge in [-0.05, 0) is 18.7 Å². The van der Waals surface area contributed by atoms with Crippen molar-refractivity contribution in [1.29, 1.82) is 0 Å². The van der Waals surface area contributed by atoms with Crippen LogP contribution in [0.3, 0.4) is 0 Å². The number of carboxylic acid groups (broad SMARTS) is 1. The van der Waals surface area contributed by atoms with E-state index in [0.29, 0.717) is 71.8 Å². The number of aromatic nitrogens is 1. The van der Waals surface area contributed by atoms with Gasteiger partial charge in [0.25, 0.3) is 19.4 Å². The summed E-state index contributed by atoms with van der Waals surface area (Å²) in [7, 11) is 0. The summed E-state index contributed by atoms with van der Waals surface area (Å²) in [6, 6.07) is 11.9. The molecule has 1 aromatic carbocycles. The number of fused-ring (bicyclic) bond motifs is 1. The summed E-state index contributed by atoms with van der Waals surface area (Å²) in [6.45, 7) is 7.01.